The summed E-state index contributed by atoms with van der Waals surface area (Å²) >= 11 is 0. The molecule has 2 atom stereocenters. The van der Waals surface area contributed by atoms with Gasteiger partial charge in [0.25, 0.3) is 0 Å². The Bertz CT molecular complexity index is 411. The predicted molar refractivity (Wildman–Crippen MR) is 83.4 cm³/mol. The van der Waals surface area contributed by atoms with Crippen LogP contribution in [-0.2, 0) is 0 Å². The van der Waals surface area contributed by atoms with Crippen molar-refractivity contribution in [1.29, 1.82) is 0 Å². The number of aromatic hydroxyl groups is 1. The van der Waals surface area contributed by atoms with Gasteiger partial charge in [0.1, 0.15) is 11.5 Å². The molecule has 0 fully saturated rings. The van der Waals surface area contributed by atoms with Crippen LogP contribution in [0, 0.1) is 5.92 Å². The van der Waals surface area contributed by atoms with E-state index in [9.17, 15) is 5.11 Å². The average molecular weight is 280 g/mol. The number of ether oxygens (including phenoxy) is 1. The first-order valence-electron chi connectivity index (χ1n) is 7.13. The fraction of sp³-hybridized carbons (Fsp3) is 0.625. The van der Waals surface area contributed by atoms with E-state index in [2.05, 4.69) is 45.1 Å². The average Bonchev–Trinajstić information content (AvgIpc) is 2.38. The molecule has 1 rings (SSSR count). The van der Waals surface area contributed by atoms with Crippen molar-refractivity contribution >= 4 is 0 Å². The monoisotopic (exact) mass is 280 g/mol. The molecule has 1 aromatic rings. The van der Waals surface area contributed by atoms with Crippen molar-refractivity contribution in [3.63, 3.8) is 0 Å². The molecule has 4 nitrogen and oxygen atoms in total. The maximum atomic E-state index is 9.98. The highest BCUT2D eigenvalue weighted by molar-refractivity contribution is 5.41. The Morgan fingerprint density at radius 2 is 1.90 bits per heavy atom. The van der Waals surface area contributed by atoms with Gasteiger partial charge in [-0.25, -0.2) is 0 Å². The number of phenolic OH excluding ortho intramolecular Hbond substituents is 1. The van der Waals surface area contributed by atoms with Crippen LogP contribution in [0.4, 0.5) is 0 Å². The van der Waals surface area contributed by atoms with Crippen molar-refractivity contribution < 1.29 is 9.84 Å². The molecule has 0 heterocycles. The maximum absolute atomic E-state index is 9.98. The summed E-state index contributed by atoms with van der Waals surface area (Å²) in [6.45, 7) is 7.38. The molecule has 0 aromatic heterocycles. The molecule has 114 valence electrons. The number of benzene rings is 1. The van der Waals surface area contributed by atoms with E-state index in [1.807, 2.05) is 6.07 Å². The number of nitrogens with zero attached hydrogens (tertiary/aromatic N) is 1. The summed E-state index contributed by atoms with van der Waals surface area (Å²) in [6, 6.07) is 5.87. The zero-order valence-corrected chi connectivity index (χ0v) is 13.5. The standard InChI is InChI=1S/C16H28N2O2/c1-11(2)15(18(4)5)10-17-12(3)14-9-13(20-6)7-8-16(14)19/h7-9,11-12,15,17,19H,10H2,1-6H3. The molecular formula is C16H28N2O2. The van der Waals surface area contributed by atoms with Crippen LogP contribution < -0.4 is 10.1 Å². The molecule has 0 aliphatic heterocycles. The molecule has 0 saturated heterocycles. The molecule has 0 amide bonds. The van der Waals surface area contributed by atoms with Gasteiger partial charge in [-0.1, -0.05) is 13.8 Å². The second-order valence-electron chi connectivity index (χ2n) is 5.83. The quantitative estimate of drug-likeness (QED) is 0.806. The zero-order valence-electron chi connectivity index (χ0n) is 13.5. The highest BCUT2D eigenvalue weighted by Crippen LogP contribution is 2.28. The van der Waals surface area contributed by atoms with Crippen molar-refractivity contribution in [3.05, 3.63) is 23.8 Å². The Hall–Kier alpha value is -1.26. The third-order valence-corrected chi connectivity index (χ3v) is 3.77. The Labute approximate surface area is 122 Å². The van der Waals surface area contributed by atoms with Gasteiger partial charge in [0.2, 0.25) is 0 Å². The Kier molecular flexibility index (Phi) is 6.30. The molecule has 2 unspecified atom stereocenters. The SMILES string of the molecule is COc1ccc(O)c(C(C)NCC(C(C)C)N(C)C)c1. The van der Waals surface area contributed by atoms with Crippen LogP contribution in [0.15, 0.2) is 18.2 Å². The van der Waals surface area contributed by atoms with E-state index in [-0.39, 0.29) is 6.04 Å². The minimum Gasteiger partial charge on any atom is -0.508 e. The summed E-state index contributed by atoms with van der Waals surface area (Å²) in [5, 5.41) is 13.5. The molecule has 0 spiro atoms. The van der Waals surface area contributed by atoms with Gasteiger partial charge in [0.05, 0.1) is 7.11 Å². The van der Waals surface area contributed by atoms with E-state index in [0.717, 1.165) is 17.9 Å². The Morgan fingerprint density at radius 3 is 2.40 bits per heavy atom. The lowest BCUT2D eigenvalue weighted by Crippen LogP contribution is -2.42. The molecule has 0 saturated carbocycles. The van der Waals surface area contributed by atoms with E-state index in [1.54, 1.807) is 19.2 Å². The second kappa shape index (κ2) is 7.50. The zero-order chi connectivity index (χ0) is 15.3. The fourth-order valence-electron chi connectivity index (χ4n) is 2.43. The minimum absolute atomic E-state index is 0.0753. The summed E-state index contributed by atoms with van der Waals surface area (Å²) in [4.78, 5) is 2.23. The van der Waals surface area contributed by atoms with Crippen molar-refractivity contribution in [3.8, 4) is 11.5 Å². The lowest BCUT2D eigenvalue weighted by atomic mass is 10.0. The number of likely N-dealkylation sites (N-methyl/N-ethyl adjacent to an activating group) is 1. The van der Waals surface area contributed by atoms with E-state index in [4.69, 9.17) is 4.74 Å². The van der Waals surface area contributed by atoms with Crippen LogP contribution in [0.2, 0.25) is 0 Å². The number of hydrogen-bond acceptors (Lipinski definition) is 4. The first kappa shape index (κ1) is 16.8. The second-order valence-corrected chi connectivity index (χ2v) is 5.83. The summed E-state index contributed by atoms with van der Waals surface area (Å²) < 4.78 is 5.21. The van der Waals surface area contributed by atoms with Crippen LogP contribution >= 0.6 is 0 Å². The normalized spacial score (nSPS) is 14.6. The van der Waals surface area contributed by atoms with E-state index in [0.29, 0.717) is 17.7 Å². The number of rotatable bonds is 7. The van der Waals surface area contributed by atoms with Crippen LogP contribution in [0.3, 0.4) is 0 Å². The topological polar surface area (TPSA) is 44.7 Å². The van der Waals surface area contributed by atoms with Gasteiger partial charge in [-0.15, -0.1) is 0 Å². The summed E-state index contributed by atoms with van der Waals surface area (Å²) in [5.74, 6) is 1.64. The molecule has 0 aliphatic rings. The van der Waals surface area contributed by atoms with Gasteiger partial charge < -0.3 is 20.1 Å². The van der Waals surface area contributed by atoms with Gasteiger partial charge in [0, 0.05) is 24.2 Å². The smallest absolute Gasteiger partial charge is 0.120 e. The number of phenols is 1. The van der Waals surface area contributed by atoms with Crippen LogP contribution in [0.1, 0.15) is 32.4 Å². The van der Waals surface area contributed by atoms with Crippen molar-refractivity contribution in [2.45, 2.75) is 32.9 Å². The van der Waals surface area contributed by atoms with Crippen LogP contribution in [0.25, 0.3) is 0 Å². The lowest BCUT2D eigenvalue weighted by Gasteiger charge is -2.29. The Balaban J connectivity index is 2.73. The van der Waals surface area contributed by atoms with Gasteiger partial charge in [-0.3, -0.25) is 0 Å². The van der Waals surface area contributed by atoms with Crippen molar-refractivity contribution in [2.75, 3.05) is 27.7 Å². The largest absolute Gasteiger partial charge is 0.508 e. The first-order chi connectivity index (χ1) is 9.36. The predicted octanol–water partition coefficient (Wildman–Crippen LogP) is 2.64. The molecule has 20 heavy (non-hydrogen) atoms. The lowest BCUT2D eigenvalue weighted by molar-refractivity contribution is 0.219. The minimum atomic E-state index is 0.0753. The third-order valence-electron chi connectivity index (χ3n) is 3.77. The molecule has 0 aliphatic carbocycles. The third kappa shape index (κ3) is 4.39. The van der Waals surface area contributed by atoms with E-state index >= 15 is 0 Å². The van der Waals surface area contributed by atoms with Crippen molar-refractivity contribution in [1.82, 2.24) is 10.2 Å². The van der Waals surface area contributed by atoms with Gasteiger partial charge in [0.15, 0.2) is 0 Å². The Morgan fingerprint density at radius 1 is 1.25 bits per heavy atom. The summed E-state index contributed by atoms with van der Waals surface area (Å²) in [6.07, 6.45) is 0. The fourth-order valence-corrected chi connectivity index (χ4v) is 2.43. The van der Waals surface area contributed by atoms with E-state index in [1.165, 1.54) is 0 Å². The number of methoxy groups -OCH3 is 1. The first-order valence-corrected chi connectivity index (χ1v) is 7.13. The number of hydrogen-bond donors (Lipinski definition) is 2. The molecule has 0 bridgehead atoms. The summed E-state index contributed by atoms with van der Waals surface area (Å²) in [5.41, 5.74) is 0.866. The molecule has 1 aromatic carbocycles. The molecule has 4 heteroatoms. The van der Waals surface area contributed by atoms with Gasteiger partial charge in [-0.2, -0.15) is 0 Å². The van der Waals surface area contributed by atoms with Gasteiger partial charge in [-0.05, 0) is 45.1 Å². The molecular weight excluding hydrogens is 252 g/mol. The highest BCUT2D eigenvalue weighted by Gasteiger charge is 2.18. The van der Waals surface area contributed by atoms with E-state index < -0.39 is 0 Å². The van der Waals surface area contributed by atoms with Crippen LogP contribution in [0.5, 0.6) is 11.5 Å². The maximum Gasteiger partial charge on any atom is 0.120 e. The summed E-state index contributed by atoms with van der Waals surface area (Å²) in [7, 11) is 5.83. The molecule has 0 radical (unpaired) electrons. The van der Waals surface area contributed by atoms with Gasteiger partial charge >= 0.3 is 0 Å². The van der Waals surface area contributed by atoms with Crippen LogP contribution in [-0.4, -0.2) is 43.8 Å². The highest BCUT2D eigenvalue weighted by atomic mass is 16.5. The number of nitrogens with one attached hydrogen (secondary N) is 1. The van der Waals surface area contributed by atoms with Crippen molar-refractivity contribution in [2.24, 2.45) is 5.92 Å². The molecule has 2 N–H and O–H groups in total.